The minimum absolute atomic E-state index is 0.123. The van der Waals surface area contributed by atoms with Gasteiger partial charge in [0.15, 0.2) is 0 Å². The third kappa shape index (κ3) is 2.37. The molecule has 2 aliphatic carbocycles. The van der Waals surface area contributed by atoms with Crippen LogP contribution in [-0.4, -0.2) is 11.6 Å². The molecule has 0 heterocycles. The molecule has 0 amide bonds. The van der Waals surface area contributed by atoms with Crippen molar-refractivity contribution in [2.24, 2.45) is 5.41 Å². The Balaban J connectivity index is 2.30. The predicted molar refractivity (Wildman–Crippen MR) is 75.5 cm³/mol. The monoisotopic (exact) mass is 310 g/mol. The van der Waals surface area contributed by atoms with Gasteiger partial charge in [-0.1, -0.05) is 27.6 Å². The van der Waals surface area contributed by atoms with Gasteiger partial charge in [-0.05, 0) is 43.0 Å². The lowest BCUT2D eigenvalue weighted by Crippen LogP contribution is -2.42. The second-order valence-electron chi connectivity index (χ2n) is 5.31. The van der Waals surface area contributed by atoms with E-state index in [1.807, 2.05) is 0 Å². The summed E-state index contributed by atoms with van der Waals surface area (Å²) in [6.07, 6.45) is 7.83. The van der Waals surface area contributed by atoms with Crippen LogP contribution < -0.4 is 0 Å². The van der Waals surface area contributed by atoms with Crippen LogP contribution in [0.1, 0.15) is 51.4 Å². The molecule has 0 aromatic carbocycles. The third-order valence-electron chi connectivity index (χ3n) is 4.14. The molecule has 2 nitrogen and oxygen atoms in total. The summed E-state index contributed by atoms with van der Waals surface area (Å²) in [6, 6.07) is 0. The maximum absolute atomic E-state index is 12.3. The average Bonchev–Trinajstić information content (AvgIpc) is 2.72. The van der Waals surface area contributed by atoms with Gasteiger partial charge in [0.1, 0.15) is 11.6 Å². The Morgan fingerprint density at radius 3 is 2.22 bits per heavy atom. The Labute approximate surface area is 117 Å². The lowest BCUT2D eigenvalue weighted by molar-refractivity contribution is -0.143. The Kier molecular flexibility index (Phi) is 4.21. The maximum Gasteiger partial charge on any atom is 0.147 e. The molecular formula is C15H19BrO2. The van der Waals surface area contributed by atoms with E-state index in [-0.39, 0.29) is 11.6 Å². The highest BCUT2D eigenvalue weighted by molar-refractivity contribution is 9.11. The summed E-state index contributed by atoms with van der Waals surface area (Å²) in [7, 11) is 0. The minimum atomic E-state index is -0.793. The smallest absolute Gasteiger partial charge is 0.147 e. The number of hydrogen-bond acceptors (Lipinski definition) is 2. The fourth-order valence-corrected chi connectivity index (χ4v) is 3.72. The van der Waals surface area contributed by atoms with Crippen molar-refractivity contribution in [1.29, 1.82) is 0 Å². The second-order valence-corrected chi connectivity index (χ2v) is 6.27. The van der Waals surface area contributed by atoms with Crippen molar-refractivity contribution >= 4 is 27.5 Å². The summed E-state index contributed by atoms with van der Waals surface area (Å²) < 4.78 is 1.21. The molecule has 0 atom stereocenters. The van der Waals surface area contributed by atoms with Crippen LogP contribution in [-0.2, 0) is 9.59 Å². The van der Waals surface area contributed by atoms with Gasteiger partial charge in [0.2, 0.25) is 0 Å². The molecule has 1 saturated carbocycles. The van der Waals surface area contributed by atoms with Gasteiger partial charge in [-0.25, -0.2) is 0 Å². The largest absolute Gasteiger partial charge is 0.299 e. The zero-order chi connectivity index (χ0) is 13.2. The Morgan fingerprint density at radius 2 is 1.72 bits per heavy atom. The zero-order valence-electron chi connectivity index (χ0n) is 10.6. The molecular weight excluding hydrogens is 292 g/mol. The van der Waals surface area contributed by atoms with Crippen molar-refractivity contribution < 1.29 is 9.59 Å². The molecule has 0 saturated heterocycles. The lowest BCUT2D eigenvalue weighted by atomic mass is 9.66. The number of allylic oxidation sites excluding steroid dienone is 3. The number of halogens is 1. The van der Waals surface area contributed by atoms with Gasteiger partial charge < -0.3 is 0 Å². The second kappa shape index (κ2) is 5.52. The van der Waals surface area contributed by atoms with Crippen LogP contribution in [0.3, 0.4) is 0 Å². The molecule has 0 N–H and O–H groups in total. The van der Waals surface area contributed by atoms with Gasteiger partial charge in [0, 0.05) is 12.8 Å². The molecule has 1 fully saturated rings. The molecule has 18 heavy (non-hydrogen) atoms. The van der Waals surface area contributed by atoms with Crippen LogP contribution in [0.5, 0.6) is 0 Å². The zero-order valence-corrected chi connectivity index (χ0v) is 12.2. The van der Waals surface area contributed by atoms with Gasteiger partial charge >= 0.3 is 0 Å². The van der Waals surface area contributed by atoms with E-state index in [0.29, 0.717) is 25.7 Å². The topological polar surface area (TPSA) is 34.1 Å². The summed E-state index contributed by atoms with van der Waals surface area (Å²) in [5.74, 6) is 0.247. The highest BCUT2D eigenvalue weighted by Crippen LogP contribution is 2.44. The van der Waals surface area contributed by atoms with Gasteiger partial charge in [0.25, 0.3) is 0 Å². The van der Waals surface area contributed by atoms with Crippen LogP contribution in [0, 0.1) is 5.41 Å². The average molecular weight is 311 g/mol. The van der Waals surface area contributed by atoms with Crippen LogP contribution in [0.4, 0.5) is 0 Å². The van der Waals surface area contributed by atoms with E-state index < -0.39 is 5.41 Å². The Bertz CT molecular complexity index is 404. The highest BCUT2D eigenvalue weighted by Gasteiger charge is 2.46. The van der Waals surface area contributed by atoms with E-state index >= 15 is 0 Å². The first-order valence-electron chi connectivity index (χ1n) is 6.64. The first-order valence-corrected chi connectivity index (χ1v) is 7.43. The number of rotatable bonds is 4. The Hall–Kier alpha value is -0.700. The van der Waals surface area contributed by atoms with E-state index in [4.69, 9.17) is 0 Å². The third-order valence-corrected chi connectivity index (χ3v) is 5.10. The van der Waals surface area contributed by atoms with Crippen molar-refractivity contribution in [3.05, 3.63) is 22.7 Å². The number of carbonyl (C=O) groups is 2. The molecule has 0 aliphatic heterocycles. The summed E-state index contributed by atoms with van der Waals surface area (Å²) in [4.78, 5) is 24.6. The molecule has 0 radical (unpaired) electrons. The first kappa shape index (κ1) is 13.7. The quantitative estimate of drug-likeness (QED) is 0.579. The molecule has 0 aromatic heterocycles. The van der Waals surface area contributed by atoms with Gasteiger partial charge in [-0.15, -0.1) is 6.58 Å². The summed E-state index contributed by atoms with van der Waals surface area (Å²) >= 11 is 3.58. The van der Waals surface area contributed by atoms with E-state index in [9.17, 15) is 9.59 Å². The molecule has 0 bridgehead atoms. The fourth-order valence-electron chi connectivity index (χ4n) is 3.10. The molecule has 0 unspecified atom stereocenters. The molecule has 0 spiro atoms. The van der Waals surface area contributed by atoms with Crippen molar-refractivity contribution in [3.63, 3.8) is 0 Å². The fraction of sp³-hybridized carbons (Fsp3) is 0.600. The van der Waals surface area contributed by atoms with Crippen molar-refractivity contribution in [1.82, 2.24) is 0 Å². The van der Waals surface area contributed by atoms with E-state index in [2.05, 4.69) is 22.5 Å². The summed E-state index contributed by atoms with van der Waals surface area (Å²) in [6.45, 7) is 3.73. The van der Waals surface area contributed by atoms with E-state index in [0.717, 1.165) is 25.7 Å². The number of carbonyl (C=O) groups excluding carboxylic acids is 2. The lowest BCUT2D eigenvalue weighted by Gasteiger charge is -2.34. The van der Waals surface area contributed by atoms with Crippen molar-refractivity contribution in [3.8, 4) is 0 Å². The number of hydrogen-bond donors (Lipinski definition) is 0. The molecule has 0 aromatic rings. The van der Waals surface area contributed by atoms with Crippen LogP contribution in [0.25, 0.3) is 0 Å². The predicted octanol–water partition coefficient (Wildman–Crippen LogP) is 4.09. The van der Waals surface area contributed by atoms with Crippen LogP contribution in [0.2, 0.25) is 0 Å². The molecule has 3 heteroatoms. The SMILES string of the molecule is C=CCC1(CC2=C(Br)CCC2)C(=O)CCCC1=O. The normalized spacial score (nSPS) is 23.6. The number of Topliss-reactive ketones (excluding diaryl/α,β-unsaturated/α-hetero) is 2. The van der Waals surface area contributed by atoms with E-state index in [1.54, 1.807) is 6.08 Å². The highest BCUT2D eigenvalue weighted by atomic mass is 79.9. The summed E-state index contributed by atoms with van der Waals surface area (Å²) in [5.41, 5.74) is 0.471. The van der Waals surface area contributed by atoms with E-state index in [1.165, 1.54) is 10.1 Å². The minimum Gasteiger partial charge on any atom is -0.299 e. The van der Waals surface area contributed by atoms with Gasteiger partial charge in [0.05, 0.1) is 5.41 Å². The van der Waals surface area contributed by atoms with Crippen molar-refractivity contribution in [2.75, 3.05) is 0 Å². The number of ketones is 2. The van der Waals surface area contributed by atoms with Crippen molar-refractivity contribution in [2.45, 2.75) is 51.4 Å². The van der Waals surface area contributed by atoms with Crippen LogP contribution >= 0.6 is 15.9 Å². The van der Waals surface area contributed by atoms with Gasteiger partial charge in [-0.3, -0.25) is 9.59 Å². The first-order chi connectivity index (χ1) is 8.60. The maximum atomic E-state index is 12.3. The van der Waals surface area contributed by atoms with Gasteiger partial charge in [-0.2, -0.15) is 0 Å². The Morgan fingerprint density at radius 1 is 1.11 bits per heavy atom. The van der Waals surface area contributed by atoms with Crippen LogP contribution in [0.15, 0.2) is 22.7 Å². The molecule has 98 valence electrons. The summed E-state index contributed by atoms with van der Waals surface area (Å²) in [5, 5.41) is 0. The molecule has 2 rings (SSSR count). The molecule has 2 aliphatic rings. The standard InChI is InChI=1S/C15H19BrO2/c1-2-9-15(10-11-5-3-6-12(11)16)13(17)7-4-8-14(15)18/h2H,1,3-10H2.